The molecule has 2 atom stereocenters. The summed E-state index contributed by atoms with van der Waals surface area (Å²) in [5.74, 6) is 1.82. The fraction of sp³-hybridized carbons (Fsp3) is 0.379. The van der Waals surface area contributed by atoms with Crippen LogP contribution in [0.15, 0.2) is 65.7 Å². The lowest BCUT2D eigenvalue weighted by atomic mass is 9.98. The Morgan fingerprint density at radius 1 is 1.17 bits per heavy atom. The second-order valence-electron chi connectivity index (χ2n) is 9.57. The van der Waals surface area contributed by atoms with E-state index in [4.69, 9.17) is 21.3 Å². The molecule has 0 saturated heterocycles. The number of hydrogen-bond donors (Lipinski definition) is 1. The van der Waals surface area contributed by atoms with Gasteiger partial charge in [-0.25, -0.2) is 0 Å². The number of phenols is 1. The number of nitrogens with zero attached hydrogens (tertiary/aromatic N) is 2. The van der Waals surface area contributed by atoms with Crippen LogP contribution < -0.4 is 4.74 Å². The molecule has 1 aliphatic heterocycles. The Morgan fingerprint density at radius 2 is 1.97 bits per heavy atom. The van der Waals surface area contributed by atoms with E-state index < -0.39 is 0 Å². The third kappa shape index (κ3) is 5.79. The Labute approximate surface area is 212 Å². The number of aliphatic imine (C=N–C) groups is 1. The first kappa shape index (κ1) is 25.1. The smallest absolute Gasteiger partial charge is 0.166 e. The number of phenolic OH excluding ortho intramolecular Hbond substituents is 1. The Hall–Kier alpha value is -3.05. The number of unbranched alkanes of at least 4 members (excludes halogenated alkanes) is 1. The van der Waals surface area contributed by atoms with Crippen molar-refractivity contribution >= 4 is 23.2 Å². The van der Waals surface area contributed by atoms with Gasteiger partial charge in [-0.2, -0.15) is 0 Å². The number of benzene rings is 2. The van der Waals surface area contributed by atoms with E-state index in [9.17, 15) is 9.90 Å². The van der Waals surface area contributed by atoms with Crippen LogP contribution in [0.25, 0.3) is 0 Å². The van der Waals surface area contributed by atoms with Gasteiger partial charge in [0.15, 0.2) is 5.78 Å². The minimum atomic E-state index is -0.0418. The Kier molecular flexibility index (Phi) is 7.97. The molecule has 5 nitrogen and oxygen atoms in total. The van der Waals surface area contributed by atoms with Gasteiger partial charge in [-0.1, -0.05) is 61.9 Å². The molecule has 1 N–H and O–H groups in total. The summed E-state index contributed by atoms with van der Waals surface area (Å²) < 4.78 is 5.97. The molecule has 0 radical (unpaired) electrons. The highest BCUT2D eigenvalue weighted by Gasteiger charge is 2.34. The van der Waals surface area contributed by atoms with Gasteiger partial charge in [0.2, 0.25) is 0 Å². The highest BCUT2D eigenvalue weighted by Crippen LogP contribution is 2.32. The maximum atomic E-state index is 12.4. The molecule has 2 unspecified atom stereocenters. The number of rotatable bonds is 10. The summed E-state index contributed by atoms with van der Waals surface area (Å²) in [5, 5.41) is 11.2. The molecule has 0 spiro atoms. The van der Waals surface area contributed by atoms with Crippen molar-refractivity contribution in [2.45, 2.75) is 52.1 Å². The SMILES string of the molecule is Cc1c(OCCCCN2C(c3cccc(Cl)c3)=NC3C=CC=CC32)ccc(C(=O)CC(C)C)c1O. The van der Waals surface area contributed by atoms with Crippen LogP contribution in [0.4, 0.5) is 0 Å². The van der Waals surface area contributed by atoms with Crippen molar-refractivity contribution in [2.75, 3.05) is 13.2 Å². The molecule has 184 valence electrons. The van der Waals surface area contributed by atoms with E-state index in [0.717, 1.165) is 30.8 Å². The van der Waals surface area contributed by atoms with Crippen LogP contribution in [0.5, 0.6) is 11.5 Å². The van der Waals surface area contributed by atoms with E-state index in [2.05, 4.69) is 35.3 Å². The predicted octanol–water partition coefficient (Wildman–Crippen LogP) is 6.37. The maximum Gasteiger partial charge on any atom is 0.166 e. The van der Waals surface area contributed by atoms with Gasteiger partial charge in [0.25, 0.3) is 0 Å². The summed E-state index contributed by atoms with van der Waals surface area (Å²) in [6.07, 6.45) is 10.7. The van der Waals surface area contributed by atoms with E-state index in [1.165, 1.54) is 0 Å². The average molecular weight is 493 g/mol. The number of allylic oxidation sites excluding steroid dienone is 2. The highest BCUT2D eigenvalue weighted by atomic mass is 35.5. The van der Waals surface area contributed by atoms with Crippen LogP contribution in [0.3, 0.4) is 0 Å². The lowest BCUT2D eigenvalue weighted by molar-refractivity contribution is 0.0965. The molecule has 2 aliphatic rings. The number of ketones is 1. The summed E-state index contributed by atoms with van der Waals surface area (Å²) in [4.78, 5) is 19.7. The second kappa shape index (κ2) is 11.1. The lowest BCUT2D eigenvalue weighted by Gasteiger charge is -2.29. The monoisotopic (exact) mass is 492 g/mol. The molecule has 2 aromatic carbocycles. The lowest BCUT2D eigenvalue weighted by Crippen LogP contribution is -2.39. The summed E-state index contributed by atoms with van der Waals surface area (Å²) in [6, 6.07) is 11.6. The molecule has 0 saturated carbocycles. The molecule has 1 heterocycles. The van der Waals surface area contributed by atoms with Crippen molar-refractivity contribution in [1.29, 1.82) is 0 Å². The van der Waals surface area contributed by atoms with Crippen molar-refractivity contribution in [3.63, 3.8) is 0 Å². The predicted molar refractivity (Wildman–Crippen MR) is 142 cm³/mol. The number of aromatic hydroxyl groups is 1. The third-order valence-corrected chi connectivity index (χ3v) is 6.63. The Balaban J connectivity index is 1.35. The number of halogens is 1. The topological polar surface area (TPSA) is 62.1 Å². The number of carbonyl (C=O) groups is 1. The summed E-state index contributed by atoms with van der Waals surface area (Å²) in [5.41, 5.74) is 2.01. The van der Waals surface area contributed by atoms with Crippen molar-refractivity contribution < 1.29 is 14.6 Å². The largest absolute Gasteiger partial charge is 0.507 e. The van der Waals surface area contributed by atoms with Gasteiger partial charge in [0.05, 0.1) is 24.3 Å². The molecular weight excluding hydrogens is 460 g/mol. The van der Waals surface area contributed by atoms with Crippen molar-refractivity contribution in [2.24, 2.45) is 10.9 Å². The zero-order valence-electron chi connectivity index (χ0n) is 20.6. The number of fused-ring (bicyclic) bond motifs is 1. The molecule has 6 heteroatoms. The average Bonchev–Trinajstić information content (AvgIpc) is 3.19. The van der Waals surface area contributed by atoms with Crippen molar-refractivity contribution in [1.82, 2.24) is 4.90 Å². The molecule has 35 heavy (non-hydrogen) atoms. The number of amidine groups is 1. The van der Waals surface area contributed by atoms with Gasteiger partial charge in [-0.15, -0.1) is 0 Å². The van der Waals surface area contributed by atoms with E-state index in [1.807, 2.05) is 32.0 Å². The highest BCUT2D eigenvalue weighted by molar-refractivity contribution is 6.31. The standard InChI is InChI=1S/C29H33ClN2O3/c1-19(2)17-26(33)23-13-14-27(20(3)28(23)34)35-16-7-6-15-32-25-12-5-4-11-24(25)31-29(32)21-9-8-10-22(30)18-21/h4-5,8-14,18-19,24-25,34H,6-7,15-17H2,1-3H3. The molecule has 4 rings (SSSR count). The number of hydrogen-bond acceptors (Lipinski definition) is 5. The Morgan fingerprint density at radius 3 is 2.74 bits per heavy atom. The quantitative estimate of drug-likeness (QED) is 0.309. The summed E-state index contributed by atoms with van der Waals surface area (Å²) in [7, 11) is 0. The van der Waals surface area contributed by atoms with Crippen LogP contribution in [-0.2, 0) is 0 Å². The number of Topliss-reactive ketones (excluding diaryl/α,β-unsaturated/α-hetero) is 1. The van der Waals surface area contributed by atoms with Crippen LogP contribution in [0, 0.1) is 12.8 Å². The Bertz CT molecular complexity index is 1170. The normalized spacial score (nSPS) is 18.7. The molecule has 0 fully saturated rings. The van der Waals surface area contributed by atoms with Crippen LogP contribution >= 0.6 is 11.6 Å². The molecule has 0 amide bonds. The first-order chi connectivity index (χ1) is 16.8. The van der Waals surface area contributed by atoms with E-state index >= 15 is 0 Å². The minimum absolute atomic E-state index is 0.0239. The van der Waals surface area contributed by atoms with Gasteiger partial charge in [0, 0.05) is 29.1 Å². The van der Waals surface area contributed by atoms with Crippen molar-refractivity contribution in [3.8, 4) is 11.5 Å². The van der Waals surface area contributed by atoms with Gasteiger partial charge >= 0.3 is 0 Å². The summed E-state index contributed by atoms with van der Waals surface area (Å²) >= 11 is 6.25. The molecule has 0 aromatic heterocycles. The van der Waals surface area contributed by atoms with Crippen LogP contribution in [0.1, 0.15) is 54.6 Å². The number of ether oxygens (including phenoxy) is 1. The third-order valence-electron chi connectivity index (χ3n) is 6.39. The molecule has 1 aliphatic carbocycles. The van der Waals surface area contributed by atoms with E-state index in [-0.39, 0.29) is 29.5 Å². The fourth-order valence-corrected chi connectivity index (χ4v) is 4.77. The first-order valence-electron chi connectivity index (χ1n) is 12.3. The van der Waals surface area contributed by atoms with Crippen LogP contribution in [0.2, 0.25) is 5.02 Å². The van der Waals surface area contributed by atoms with Crippen molar-refractivity contribution in [3.05, 3.63) is 82.4 Å². The first-order valence-corrected chi connectivity index (χ1v) is 12.7. The van der Waals surface area contributed by atoms with E-state index in [0.29, 0.717) is 34.9 Å². The summed E-state index contributed by atoms with van der Waals surface area (Å²) in [6.45, 7) is 7.15. The van der Waals surface area contributed by atoms with Gasteiger partial charge < -0.3 is 14.7 Å². The van der Waals surface area contributed by atoms with Crippen LogP contribution in [-0.4, -0.2) is 46.9 Å². The zero-order valence-corrected chi connectivity index (χ0v) is 21.3. The second-order valence-corrected chi connectivity index (χ2v) is 10.0. The molecular formula is C29H33ClN2O3. The van der Waals surface area contributed by atoms with E-state index in [1.54, 1.807) is 19.1 Å². The molecule has 0 bridgehead atoms. The maximum absolute atomic E-state index is 12.4. The minimum Gasteiger partial charge on any atom is -0.507 e. The van der Waals surface area contributed by atoms with Gasteiger partial charge in [0.1, 0.15) is 17.3 Å². The van der Waals surface area contributed by atoms with Gasteiger partial charge in [-0.05, 0) is 49.9 Å². The zero-order chi connectivity index (χ0) is 24.9. The van der Waals surface area contributed by atoms with Gasteiger partial charge in [-0.3, -0.25) is 9.79 Å². The number of carbonyl (C=O) groups excluding carboxylic acids is 1. The molecule has 2 aromatic rings. The fourth-order valence-electron chi connectivity index (χ4n) is 4.58.